The Morgan fingerprint density at radius 3 is 2.44 bits per heavy atom. The number of carbonyl (C=O) groups excluding carboxylic acids is 2. The van der Waals surface area contributed by atoms with Crippen LogP contribution >= 0.6 is 0 Å². The molecule has 2 heterocycles. The minimum atomic E-state index is -0.395. The second-order valence-electron chi connectivity index (χ2n) is 8.02. The molecule has 0 fully saturated rings. The summed E-state index contributed by atoms with van der Waals surface area (Å²) in [5.74, 6) is 0.366. The number of nitrogens with zero attached hydrogens (tertiary/aromatic N) is 3. The molecule has 0 unspecified atom stereocenters. The van der Waals surface area contributed by atoms with Gasteiger partial charge in [-0.15, -0.1) is 0 Å². The van der Waals surface area contributed by atoms with Gasteiger partial charge in [-0.05, 0) is 24.3 Å². The first-order valence-corrected chi connectivity index (χ1v) is 9.01. The molecule has 0 spiro atoms. The summed E-state index contributed by atoms with van der Waals surface area (Å²) >= 11 is 0. The fourth-order valence-corrected chi connectivity index (χ4v) is 2.93. The fraction of sp³-hybridized carbons (Fsp3) is 0.381. The van der Waals surface area contributed by atoms with Crippen LogP contribution in [0.4, 0.5) is 5.69 Å². The van der Waals surface area contributed by atoms with Crippen LogP contribution in [0.5, 0.6) is 5.75 Å². The van der Waals surface area contributed by atoms with E-state index in [-0.39, 0.29) is 17.2 Å². The minimum Gasteiger partial charge on any atom is -0.439 e. The molecule has 0 bridgehead atoms. The number of rotatable bonds is 2. The molecule has 142 valence electrons. The third-order valence-corrected chi connectivity index (χ3v) is 4.46. The lowest BCUT2D eigenvalue weighted by molar-refractivity contribution is -0.143. The van der Waals surface area contributed by atoms with E-state index in [4.69, 9.17) is 4.74 Å². The molecule has 2 amide bonds. The van der Waals surface area contributed by atoms with Gasteiger partial charge in [0.05, 0.1) is 17.0 Å². The third-order valence-electron chi connectivity index (χ3n) is 4.46. The van der Waals surface area contributed by atoms with Crippen molar-refractivity contribution < 1.29 is 14.3 Å². The first-order valence-electron chi connectivity index (χ1n) is 9.01. The number of para-hydroxylation sites is 2. The lowest BCUT2D eigenvalue weighted by Gasteiger charge is -2.17. The molecule has 0 radical (unpaired) electrons. The summed E-state index contributed by atoms with van der Waals surface area (Å²) in [6.07, 6.45) is 3.44. The van der Waals surface area contributed by atoms with Crippen LogP contribution in [-0.4, -0.2) is 29.6 Å². The van der Waals surface area contributed by atoms with Gasteiger partial charge in [-0.1, -0.05) is 46.8 Å². The van der Waals surface area contributed by atoms with E-state index in [1.807, 2.05) is 57.0 Å². The maximum absolute atomic E-state index is 12.9. The molecule has 0 aliphatic carbocycles. The highest BCUT2D eigenvalue weighted by Gasteiger charge is 2.39. The highest BCUT2D eigenvalue weighted by molar-refractivity contribution is 6.29. The van der Waals surface area contributed by atoms with Gasteiger partial charge >= 0.3 is 0 Å². The lowest BCUT2D eigenvalue weighted by Crippen LogP contribution is -2.32. The van der Waals surface area contributed by atoms with Gasteiger partial charge in [0.15, 0.2) is 11.6 Å². The van der Waals surface area contributed by atoms with Gasteiger partial charge < -0.3 is 9.64 Å². The van der Waals surface area contributed by atoms with Crippen molar-refractivity contribution in [3.8, 4) is 5.75 Å². The summed E-state index contributed by atoms with van der Waals surface area (Å²) in [6, 6.07) is 7.72. The summed E-state index contributed by atoms with van der Waals surface area (Å²) in [5.41, 5.74) is 1.59. The predicted molar refractivity (Wildman–Crippen MR) is 105 cm³/mol. The zero-order valence-corrected chi connectivity index (χ0v) is 16.6. The zero-order chi connectivity index (χ0) is 19.9. The molecule has 2 aliphatic heterocycles. The van der Waals surface area contributed by atoms with Crippen molar-refractivity contribution in [1.82, 2.24) is 5.01 Å². The number of hydrogen-bond donors (Lipinski definition) is 0. The highest BCUT2D eigenvalue weighted by Crippen LogP contribution is 2.37. The molecule has 6 nitrogen and oxygen atoms in total. The van der Waals surface area contributed by atoms with Gasteiger partial charge in [-0.2, -0.15) is 10.1 Å². The molecule has 27 heavy (non-hydrogen) atoms. The third kappa shape index (κ3) is 3.39. The molecule has 3 rings (SSSR count). The number of anilines is 1. The van der Waals surface area contributed by atoms with Crippen molar-refractivity contribution >= 4 is 23.2 Å². The average Bonchev–Trinajstić information content (AvgIpc) is 3.10. The molecule has 1 aromatic carbocycles. The number of amides is 2. The van der Waals surface area contributed by atoms with Crippen LogP contribution < -0.4 is 9.64 Å². The maximum atomic E-state index is 12.9. The SMILES string of the molecule is CC(C)C(=O)N1N=C(C(C)(C)C)/C(=C\C=C2\Oc3ccccc3N2C)C1=O. The molecular weight excluding hydrogens is 342 g/mol. The molecule has 0 atom stereocenters. The number of ether oxygens (including phenoxy) is 1. The van der Waals surface area contributed by atoms with Crippen LogP contribution in [0.1, 0.15) is 34.6 Å². The molecule has 6 heteroatoms. The van der Waals surface area contributed by atoms with Gasteiger partial charge in [-0.25, -0.2) is 0 Å². The van der Waals surface area contributed by atoms with Crippen LogP contribution in [0, 0.1) is 11.3 Å². The topological polar surface area (TPSA) is 62.2 Å². The lowest BCUT2D eigenvalue weighted by atomic mass is 9.85. The van der Waals surface area contributed by atoms with Gasteiger partial charge in [0.1, 0.15) is 0 Å². The summed E-state index contributed by atoms with van der Waals surface area (Å²) in [5, 5.41) is 5.34. The number of benzene rings is 1. The Hall–Kier alpha value is -2.89. The smallest absolute Gasteiger partial charge is 0.283 e. The number of allylic oxidation sites excluding steroid dienone is 2. The second kappa shape index (κ2) is 6.68. The molecule has 0 N–H and O–H groups in total. The number of hydrogen-bond acceptors (Lipinski definition) is 5. The minimum absolute atomic E-state index is 0.306. The largest absolute Gasteiger partial charge is 0.439 e. The standard InChI is InChI=1S/C21H25N3O3/c1-13(2)19(25)24-20(26)14(18(22-24)21(3,4)5)11-12-17-23(6)15-9-7-8-10-16(15)27-17/h7-13H,1-6H3/b14-11+,17-12+. The quantitative estimate of drug-likeness (QED) is 0.748. The van der Waals surface area contributed by atoms with Crippen molar-refractivity contribution in [3.05, 3.63) is 47.9 Å². The van der Waals surface area contributed by atoms with Crippen molar-refractivity contribution in [2.75, 3.05) is 11.9 Å². The van der Waals surface area contributed by atoms with Crippen molar-refractivity contribution in [2.24, 2.45) is 16.4 Å². The normalized spacial score (nSPS) is 19.8. The maximum Gasteiger partial charge on any atom is 0.283 e. The van der Waals surface area contributed by atoms with Gasteiger partial charge in [-0.3, -0.25) is 9.59 Å². The van der Waals surface area contributed by atoms with E-state index in [0.29, 0.717) is 17.2 Å². The molecule has 0 saturated heterocycles. The Bertz CT molecular complexity index is 888. The summed E-state index contributed by atoms with van der Waals surface area (Å²) in [7, 11) is 1.90. The molecule has 1 aromatic rings. The van der Waals surface area contributed by atoms with Crippen LogP contribution in [-0.2, 0) is 9.59 Å². The van der Waals surface area contributed by atoms with Crippen molar-refractivity contribution in [3.63, 3.8) is 0 Å². The van der Waals surface area contributed by atoms with E-state index in [2.05, 4.69) is 5.10 Å². The predicted octanol–water partition coefficient (Wildman–Crippen LogP) is 3.71. The Morgan fingerprint density at radius 1 is 1.19 bits per heavy atom. The van der Waals surface area contributed by atoms with Crippen LogP contribution in [0.3, 0.4) is 0 Å². The van der Waals surface area contributed by atoms with E-state index < -0.39 is 5.91 Å². The number of hydrazone groups is 1. The number of carbonyl (C=O) groups is 2. The van der Waals surface area contributed by atoms with Crippen molar-refractivity contribution in [1.29, 1.82) is 0 Å². The van der Waals surface area contributed by atoms with E-state index in [1.54, 1.807) is 26.0 Å². The summed E-state index contributed by atoms with van der Waals surface area (Å²) in [6.45, 7) is 9.42. The zero-order valence-electron chi connectivity index (χ0n) is 16.6. The molecule has 2 aliphatic rings. The average molecular weight is 367 g/mol. The van der Waals surface area contributed by atoms with Crippen LogP contribution in [0.15, 0.2) is 53.0 Å². The van der Waals surface area contributed by atoms with E-state index >= 15 is 0 Å². The van der Waals surface area contributed by atoms with E-state index in [9.17, 15) is 9.59 Å². The number of fused-ring (bicyclic) bond motifs is 1. The Balaban J connectivity index is 1.96. The number of imide groups is 1. The summed E-state index contributed by atoms with van der Waals surface area (Å²) in [4.78, 5) is 27.1. The molecular formula is C21H25N3O3. The highest BCUT2D eigenvalue weighted by atomic mass is 16.5. The van der Waals surface area contributed by atoms with Gasteiger partial charge in [0, 0.05) is 18.4 Å². The molecule has 0 saturated carbocycles. The van der Waals surface area contributed by atoms with Crippen LogP contribution in [0.25, 0.3) is 0 Å². The first-order chi connectivity index (χ1) is 12.6. The molecule has 0 aromatic heterocycles. The second-order valence-corrected chi connectivity index (χ2v) is 8.02. The van der Waals surface area contributed by atoms with Gasteiger partial charge in [0.25, 0.3) is 11.8 Å². The Kier molecular flexibility index (Phi) is 4.68. The Morgan fingerprint density at radius 2 is 1.85 bits per heavy atom. The monoisotopic (exact) mass is 367 g/mol. The van der Waals surface area contributed by atoms with E-state index in [0.717, 1.165) is 16.4 Å². The van der Waals surface area contributed by atoms with E-state index in [1.165, 1.54) is 0 Å². The first kappa shape index (κ1) is 18.9. The van der Waals surface area contributed by atoms with Crippen molar-refractivity contribution in [2.45, 2.75) is 34.6 Å². The fourth-order valence-electron chi connectivity index (χ4n) is 2.93. The van der Waals surface area contributed by atoms with Gasteiger partial charge in [0.2, 0.25) is 0 Å². The van der Waals surface area contributed by atoms with Crippen LogP contribution in [0.2, 0.25) is 0 Å². The Labute approximate surface area is 159 Å². The summed E-state index contributed by atoms with van der Waals surface area (Å²) < 4.78 is 5.86.